The molecule has 4 aromatic rings. The summed E-state index contributed by atoms with van der Waals surface area (Å²) in [6, 6.07) is 19.6. The zero-order valence-electron chi connectivity index (χ0n) is 16.0. The van der Waals surface area contributed by atoms with Crippen molar-refractivity contribution in [1.82, 2.24) is 4.98 Å². The van der Waals surface area contributed by atoms with Crippen LogP contribution in [-0.4, -0.2) is 19.2 Å². The van der Waals surface area contributed by atoms with Crippen LogP contribution in [0.5, 0.6) is 11.5 Å². The number of hydrogen-bond acceptors (Lipinski definition) is 3. The van der Waals surface area contributed by atoms with Gasteiger partial charge >= 0.3 is 0 Å². The van der Waals surface area contributed by atoms with Gasteiger partial charge in [0.2, 0.25) is 0 Å². The summed E-state index contributed by atoms with van der Waals surface area (Å²) in [5.41, 5.74) is 8.04. The van der Waals surface area contributed by atoms with Gasteiger partial charge in [-0.05, 0) is 63.7 Å². The van der Waals surface area contributed by atoms with Crippen LogP contribution in [0.3, 0.4) is 0 Å². The highest BCUT2D eigenvalue weighted by Gasteiger charge is 2.18. The molecule has 3 heteroatoms. The van der Waals surface area contributed by atoms with E-state index in [2.05, 4.69) is 47.4 Å². The Labute approximate surface area is 164 Å². The Balaban J connectivity index is 1.53. The molecule has 1 heterocycles. The minimum Gasteiger partial charge on any atom is -0.493 e. The normalized spacial score (nSPS) is 11.9. The monoisotopic (exact) mass is 367 g/mol. The van der Waals surface area contributed by atoms with Gasteiger partial charge in [-0.25, -0.2) is 0 Å². The van der Waals surface area contributed by atoms with E-state index in [0.29, 0.717) is 0 Å². The SMILES string of the molecule is COc1cc2cncc(Cc3ccc4c(c3)Cc3ccccc3-4)c2cc1OC. The van der Waals surface area contributed by atoms with E-state index < -0.39 is 0 Å². The third-order valence-electron chi connectivity index (χ3n) is 5.60. The zero-order chi connectivity index (χ0) is 19.1. The Bertz CT molecular complexity index is 1200. The number of nitrogens with zero attached hydrogens (tertiary/aromatic N) is 1. The first-order valence-corrected chi connectivity index (χ1v) is 9.45. The Hall–Kier alpha value is -3.33. The van der Waals surface area contributed by atoms with Gasteiger partial charge in [-0.1, -0.05) is 42.5 Å². The maximum absolute atomic E-state index is 5.50. The average molecular weight is 367 g/mol. The van der Waals surface area contributed by atoms with Crippen LogP contribution in [0.1, 0.15) is 22.3 Å². The number of aromatic nitrogens is 1. The summed E-state index contributed by atoms with van der Waals surface area (Å²) in [7, 11) is 3.33. The molecule has 1 aliphatic carbocycles. The van der Waals surface area contributed by atoms with Crippen LogP contribution in [-0.2, 0) is 12.8 Å². The molecule has 1 aromatic heterocycles. The van der Waals surface area contributed by atoms with Crippen molar-refractivity contribution in [3.8, 4) is 22.6 Å². The van der Waals surface area contributed by atoms with Crippen LogP contribution >= 0.6 is 0 Å². The number of pyridine rings is 1. The molecule has 0 saturated carbocycles. The fourth-order valence-electron chi connectivity index (χ4n) is 4.23. The number of rotatable bonds is 4. The second-order valence-electron chi connectivity index (χ2n) is 7.23. The van der Waals surface area contributed by atoms with E-state index in [9.17, 15) is 0 Å². The Morgan fingerprint density at radius 2 is 1.61 bits per heavy atom. The molecule has 5 rings (SSSR count). The second kappa shape index (κ2) is 6.68. The molecule has 138 valence electrons. The molecule has 0 bridgehead atoms. The smallest absolute Gasteiger partial charge is 0.161 e. The number of ether oxygens (including phenoxy) is 2. The summed E-state index contributed by atoms with van der Waals surface area (Å²) in [6.45, 7) is 0. The van der Waals surface area contributed by atoms with Gasteiger partial charge in [0, 0.05) is 17.8 Å². The van der Waals surface area contributed by atoms with Crippen LogP contribution in [0, 0.1) is 0 Å². The maximum Gasteiger partial charge on any atom is 0.161 e. The van der Waals surface area contributed by atoms with Crippen LogP contribution in [0.15, 0.2) is 67.0 Å². The molecule has 3 aromatic carbocycles. The van der Waals surface area contributed by atoms with E-state index in [4.69, 9.17) is 9.47 Å². The summed E-state index contributed by atoms with van der Waals surface area (Å²) in [5, 5.41) is 2.21. The number of fused-ring (bicyclic) bond motifs is 4. The van der Waals surface area contributed by atoms with Crippen LogP contribution in [0.2, 0.25) is 0 Å². The van der Waals surface area contributed by atoms with Gasteiger partial charge in [0.1, 0.15) is 0 Å². The van der Waals surface area contributed by atoms with Gasteiger partial charge < -0.3 is 9.47 Å². The molecule has 1 aliphatic rings. The topological polar surface area (TPSA) is 31.4 Å². The highest BCUT2D eigenvalue weighted by atomic mass is 16.5. The molecule has 0 spiro atoms. The first kappa shape index (κ1) is 16.8. The molecule has 3 nitrogen and oxygen atoms in total. The molecular formula is C25H21NO2. The molecule has 0 N–H and O–H groups in total. The van der Waals surface area contributed by atoms with Crippen LogP contribution in [0.4, 0.5) is 0 Å². The van der Waals surface area contributed by atoms with Crippen molar-refractivity contribution in [2.45, 2.75) is 12.8 Å². The van der Waals surface area contributed by atoms with Crippen LogP contribution < -0.4 is 9.47 Å². The predicted octanol–water partition coefficient (Wildman–Crippen LogP) is 5.41. The molecular weight excluding hydrogens is 346 g/mol. The van der Waals surface area contributed by atoms with Crippen molar-refractivity contribution in [3.05, 3.63) is 89.2 Å². The first-order valence-electron chi connectivity index (χ1n) is 9.45. The van der Waals surface area contributed by atoms with Gasteiger partial charge in [-0.15, -0.1) is 0 Å². The maximum atomic E-state index is 5.50. The van der Waals surface area contributed by atoms with Gasteiger partial charge in [-0.2, -0.15) is 0 Å². The quantitative estimate of drug-likeness (QED) is 0.425. The second-order valence-corrected chi connectivity index (χ2v) is 7.23. The summed E-state index contributed by atoms with van der Waals surface area (Å²) in [4.78, 5) is 4.45. The molecule has 0 radical (unpaired) electrons. The van der Waals surface area contributed by atoms with Crippen molar-refractivity contribution in [2.24, 2.45) is 0 Å². The van der Waals surface area contributed by atoms with E-state index in [1.165, 1.54) is 33.4 Å². The standard InChI is InChI=1S/C25H21NO2/c1-27-24-12-20-15-26-14-19(23(20)13-25(24)28-2)10-16-7-8-22-18(9-16)11-17-5-3-4-6-21(17)22/h3-9,12-15H,10-11H2,1-2H3. The lowest BCUT2D eigenvalue weighted by molar-refractivity contribution is 0.356. The highest BCUT2D eigenvalue weighted by Crippen LogP contribution is 2.38. The Kier molecular flexibility index (Phi) is 4.01. The van der Waals surface area contributed by atoms with Gasteiger partial charge in [0.15, 0.2) is 11.5 Å². The lowest BCUT2D eigenvalue weighted by Gasteiger charge is -2.12. The highest BCUT2D eigenvalue weighted by molar-refractivity contribution is 5.88. The van der Waals surface area contributed by atoms with Gasteiger partial charge in [0.25, 0.3) is 0 Å². The molecule has 0 unspecified atom stereocenters. The summed E-state index contributed by atoms with van der Waals surface area (Å²) in [6.07, 6.45) is 5.68. The lowest BCUT2D eigenvalue weighted by Crippen LogP contribution is -1.95. The summed E-state index contributed by atoms with van der Waals surface area (Å²) >= 11 is 0. The molecule has 0 aliphatic heterocycles. The zero-order valence-corrected chi connectivity index (χ0v) is 16.0. The first-order chi connectivity index (χ1) is 13.8. The molecule has 0 fully saturated rings. The summed E-state index contributed by atoms with van der Waals surface area (Å²) < 4.78 is 10.9. The Morgan fingerprint density at radius 1 is 0.821 bits per heavy atom. The van der Waals surface area contributed by atoms with Crippen molar-refractivity contribution < 1.29 is 9.47 Å². The van der Waals surface area contributed by atoms with Crippen molar-refractivity contribution in [3.63, 3.8) is 0 Å². The number of hydrogen-bond donors (Lipinski definition) is 0. The van der Waals surface area contributed by atoms with E-state index in [1.807, 2.05) is 24.5 Å². The minimum absolute atomic E-state index is 0.726. The molecule has 0 atom stereocenters. The molecule has 0 amide bonds. The van der Waals surface area contributed by atoms with Crippen molar-refractivity contribution in [1.29, 1.82) is 0 Å². The van der Waals surface area contributed by atoms with Gasteiger partial charge in [-0.3, -0.25) is 4.98 Å². The Morgan fingerprint density at radius 3 is 2.46 bits per heavy atom. The van der Waals surface area contributed by atoms with Gasteiger partial charge in [0.05, 0.1) is 14.2 Å². The fraction of sp³-hybridized carbons (Fsp3) is 0.160. The van der Waals surface area contributed by atoms with Crippen LogP contribution in [0.25, 0.3) is 21.9 Å². The third-order valence-corrected chi connectivity index (χ3v) is 5.60. The fourth-order valence-corrected chi connectivity index (χ4v) is 4.23. The summed E-state index contributed by atoms with van der Waals surface area (Å²) in [5.74, 6) is 1.47. The third kappa shape index (κ3) is 2.71. The van der Waals surface area contributed by atoms with Crippen molar-refractivity contribution in [2.75, 3.05) is 14.2 Å². The largest absolute Gasteiger partial charge is 0.493 e. The number of methoxy groups -OCH3 is 2. The minimum atomic E-state index is 0.726. The molecule has 0 saturated heterocycles. The number of benzene rings is 3. The van der Waals surface area contributed by atoms with E-state index in [-0.39, 0.29) is 0 Å². The van der Waals surface area contributed by atoms with Crippen molar-refractivity contribution >= 4 is 10.8 Å². The van der Waals surface area contributed by atoms with E-state index in [1.54, 1.807) is 14.2 Å². The average Bonchev–Trinajstić information content (AvgIpc) is 3.10. The van der Waals surface area contributed by atoms with E-state index >= 15 is 0 Å². The lowest BCUT2D eigenvalue weighted by atomic mass is 9.97. The predicted molar refractivity (Wildman–Crippen MR) is 112 cm³/mol. The molecule has 28 heavy (non-hydrogen) atoms. The van der Waals surface area contributed by atoms with E-state index in [0.717, 1.165) is 35.1 Å².